The minimum atomic E-state index is -4.41. The molecule has 0 bridgehead atoms. The van der Waals surface area contributed by atoms with Crippen molar-refractivity contribution in [1.82, 2.24) is 19.7 Å². The number of para-hydroxylation sites is 1. The molecule has 2 aromatic heterocycles. The van der Waals surface area contributed by atoms with Crippen LogP contribution in [0.3, 0.4) is 0 Å². The summed E-state index contributed by atoms with van der Waals surface area (Å²) in [6, 6.07) is 12.3. The van der Waals surface area contributed by atoms with Crippen molar-refractivity contribution in [3.05, 3.63) is 54.5 Å². The second kappa shape index (κ2) is 24.3. The van der Waals surface area contributed by atoms with Crippen LogP contribution in [0.5, 0.6) is 5.75 Å². The molecule has 0 amide bonds. The highest BCUT2D eigenvalue weighted by Crippen LogP contribution is 2.48. The predicted molar refractivity (Wildman–Crippen MR) is 224 cm³/mol. The van der Waals surface area contributed by atoms with Gasteiger partial charge in [0.15, 0.2) is 11.9 Å². The highest BCUT2D eigenvalue weighted by Gasteiger charge is 2.60. The van der Waals surface area contributed by atoms with Gasteiger partial charge in [-0.05, 0) is 43.5 Å². The van der Waals surface area contributed by atoms with E-state index in [2.05, 4.69) is 28.2 Å². The molecule has 4 N–H and O–H groups in total. The van der Waals surface area contributed by atoms with E-state index in [0.717, 1.165) is 32.1 Å². The summed E-state index contributed by atoms with van der Waals surface area (Å²) in [6.07, 6.45) is 13.3. The molecule has 3 aromatic rings. The van der Waals surface area contributed by atoms with Gasteiger partial charge in [-0.2, -0.15) is 15.4 Å². The second-order valence-corrected chi connectivity index (χ2v) is 17.1. The highest BCUT2D eigenvalue weighted by atomic mass is 31.2. The number of carbonyl (C=O) groups excluding carboxylic acids is 2. The lowest BCUT2D eigenvalue weighted by molar-refractivity contribution is -0.160. The van der Waals surface area contributed by atoms with E-state index in [-0.39, 0.29) is 36.2 Å². The van der Waals surface area contributed by atoms with Crippen molar-refractivity contribution in [2.45, 2.75) is 160 Å². The number of nitrogens with two attached hydrogens (primary N) is 1. The van der Waals surface area contributed by atoms with Crippen LogP contribution in [0.1, 0.15) is 136 Å². The summed E-state index contributed by atoms with van der Waals surface area (Å²) in [5.41, 5.74) is 4.48. The van der Waals surface area contributed by atoms with E-state index in [9.17, 15) is 24.5 Å². The molecule has 0 spiro atoms. The van der Waals surface area contributed by atoms with Gasteiger partial charge in [-0.3, -0.25) is 14.1 Å². The normalized spacial score (nSPS) is 20.6. The SMILES string of the molecule is CCCCCCCCCCCCCCCC(=O)O[C@@H]1[C@H](O)[C@@H](COP(=O)(N[C@H](C)C(=O)OCC(CC)CC)Oc2ccccc2)O[C@@]1(C#N)c1ccc2c(N)ncnn12. The third-order valence-electron chi connectivity index (χ3n) is 10.9. The van der Waals surface area contributed by atoms with Crippen LogP contribution in [0.4, 0.5) is 5.82 Å². The number of hydrogen-bond donors (Lipinski definition) is 3. The molecule has 59 heavy (non-hydrogen) atoms. The Morgan fingerprint density at radius 2 is 1.61 bits per heavy atom. The summed E-state index contributed by atoms with van der Waals surface area (Å²) in [5, 5.41) is 29.5. The lowest BCUT2D eigenvalue weighted by atomic mass is 9.92. The van der Waals surface area contributed by atoms with Gasteiger partial charge in [0.05, 0.1) is 18.9 Å². The zero-order valence-electron chi connectivity index (χ0n) is 35.3. The van der Waals surface area contributed by atoms with Gasteiger partial charge in [0.2, 0.25) is 5.60 Å². The van der Waals surface area contributed by atoms with Crippen LogP contribution in [-0.4, -0.2) is 69.2 Å². The molecule has 1 aromatic carbocycles. The Bertz CT molecular complexity index is 1820. The van der Waals surface area contributed by atoms with Gasteiger partial charge in [0.25, 0.3) is 0 Å². The predicted octanol–water partition coefficient (Wildman–Crippen LogP) is 8.34. The zero-order chi connectivity index (χ0) is 42.7. The molecule has 4 rings (SSSR count). The molecule has 16 heteroatoms. The molecule has 6 atom stereocenters. The third-order valence-corrected chi connectivity index (χ3v) is 12.5. The van der Waals surface area contributed by atoms with Crippen LogP contribution < -0.4 is 15.3 Å². The molecule has 0 radical (unpaired) electrons. The van der Waals surface area contributed by atoms with Crippen LogP contribution >= 0.6 is 7.75 Å². The number of hydrogen-bond acceptors (Lipinski definition) is 13. The van der Waals surface area contributed by atoms with Gasteiger partial charge in [-0.1, -0.05) is 129 Å². The first kappa shape index (κ1) is 47.6. The van der Waals surface area contributed by atoms with Crippen molar-refractivity contribution in [2.75, 3.05) is 18.9 Å². The molecule has 0 saturated carbocycles. The number of esters is 2. The Morgan fingerprint density at radius 3 is 2.22 bits per heavy atom. The molecular weight excluding hydrogens is 775 g/mol. The Hall–Kier alpha value is -4.06. The Kier molecular flexibility index (Phi) is 19.6. The van der Waals surface area contributed by atoms with Gasteiger partial charge < -0.3 is 29.6 Å². The maximum absolute atomic E-state index is 14.4. The van der Waals surface area contributed by atoms with Crippen molar-refractivity contribution in [3.63, 3.8) is 0 Å². The fraction of sp³-hybridized carbons (Fsp3) is 0.651. The third kappa shape index (κ3) is 13.7. The standard InChI is InChI=1S/C43H65N6O9P/c1-5-8-9-10-11-12-13-14-15-16-17-18-22-25-38(50)56-40-39(51)36(57-43(40,30-44)37-27-26-35-41(45)46-31-47-49(35)37)29-55-59(53,58-34-23-20-19-21-24-34)48-32(4)42(52)54-28-33(6-2)7-3/h19-21,23-24,26-27,31-33,36,39-40,51H,5-18,22,25,28-29H2,1-4H3,(H,48,53)(H2,45,46,47)/t32-,36-,39-,40-,43+,59?/m1/s1. The van der Waals surface area contributed by atoms with Crippen molar-refractivity contribution in [3.8, 4) is 11.8 Å². The van der Waals surface area contributed by atoms with Crippen molar-refractivity contribution in [1.29, 1.82) is 5.26 Å². The number of ether oxygens (including phenoxy) is 3. The first-order valence-electron chi connectivity index (χ1n) is 21.5. The number of anilines is 1. The lowest BCUT2D eigenvalue weighted by Gasteiger charge is -2.27. The summed E-state index contributed by atoms with van der Waals surface area (Å²) in [5.74, 6) is -0.788. The van der Waals surface area contributed by atoms with Crippen molar-refractivity contribution >= 4 is 31.0 Å². The summed E-state index contributed by atoms with van der Waals surface area (Å²) >= 11 is 0. The van der Waals surface area contributed by atoms with Crippen LogP contribution in [0.15, 0.2) is 48.8 Å². The van der Waals surface area contributed by atoms with Crippen molar-refractivity contribution < 1.29 is 42.5 Å². The quantitative estimate of drug-likeness (QED) is 0.0357. The van der Waals surface area contributed by atoms with E-state index in [1.54, 1.807) is 36.4 Å². The number of fused-ring (bicyclic) bond motifs is 1. The molecule has 15 nitrogen and oxygen atoms in total. The summed E-state index contributed by atoms with van der Waals surface area (Å²) in [4.78, 5) is 30.4. The minimum Gasteiger partial charge on any atom is -0.464 e. The molecular formula is C43H65N6O9P. The molecule has 1 fully saturated rings. The number of unbranched alkanes of at least 4 members (excludes halogenated alkanes) is 12. The number of benzene rings is 1. The summed E-state index contributed by atoms with van der Waals surface area (Å²) < 4.78 is 45.1. The van der Waals surface area contributed by atoms with E-state index in [0.29, 0.717) is 11.9 Å². The topological polar surface area (TPSA) is 210 Å². The largest absolute Gasteiger partial charge is 0.464 e. The second-order valence-electron chi connectivity index (χ2n) is 15.4. The molecule has 1 aliphatic rings. The average Bonchev–Trinajstić information content (AvgIpc) is 3.79. The van der Waals surface area contributed by atoms with Crippen LogP contribution in [0, 0.1) is 17.2 Å². The van der Waals surface area contributed by atoms with Gasteiger partial charge >= 0.3 is 19.7 Å². The molecule has 3 heterocycles. The van der Waals surface area contributed by atoms with Crippen LogP contribution in [0.2, 0.25) is 0 Å². The lowest BCUT2D eigenvalue weighted by Crippen LogP contribution is -2.44. The van der Waals surface area contributed by atoms with E-state index < -0.39 is 56.2 Å². The number of carbonyl (C=O) groups is 2. The maximum Gasteiger partial charge on any atom is 0.459 e. The Balaban J connectivity index is 1.45. The average molecular weight is 841 g/mol. The van der Waals surface area contributed by atoms with Gasteiger partial charge in [0.1, 0.15) is 41.9 Å². The molecule has 1 saturated heterocycles. The number of nitrogens with zero attached hydrogens (tertiary/aromatic N) is 4. The van der Waals surface area contributed by atoms with Crippen LogP contribution in [0.25, 0.3) is 5.52 Å². The first-order chi connectivity index (χ1) is 28.5. The smallest absolute Gasteiger partial charge is 0.459 e. The molecule has 1 unspecified atom stereocenters. The van der Waals surface area contributed by atoms with E-state index in [1.807, 2.05) is 13.8 Å². The number of rotatable bonds is 28. The number of nitrogen functional groups attached to an aromatic ring is 1. The van der Waals surface area contributed by atoms with E-state index in [4.69, 9.17) is 29.0 Å². The van der Waals surface area contributed by atoms with Gasteiger partial charge in [-0.15, -0.1) is 0 Å². The number of aromatic nitrogens is 3. The highest BCUT2D eigenvalue weighted by molar-refractivity contribution is 7.52. The van der Waals surface area contributed by atoms with E-state index >= 15 is 0 Å². The number of aliphatic hydroxyl groups excluding tert-OH is 1. The summed E-state index contributed by atoms with van der Waals surface area (Å²) in [7, 11) is -4.41. The van der Waals surface area contributed by atoms with Crippen molar-refractivity contribution in [2.24, 2.45) is 5.92 Å². The first-order valence-corrected chi connectivity index (χ1v) is 23.0. The van der Waals surface area contributed by atoms with Crippen LogP contribution in [-0.2, 0) is 38.5 Å². The number of nitrogens with one attached hydrogen (secondary N) is 1. The number of aliphatic hydroxyl groups is 1. The van der Waals surface area contributed by atoms with E-state index in [1.165, 1.54) is 81.6 Å². The fourth-order valence-corrected chi connectivity index (χ4v) is 8.69. The zero-order valence-corrected chi connectivity index (χ0v) is 36.2. The fourth-order valence-electron chi connectivity index (χ4n) is 7.19. The Labute approximate surface area is 349 Å². The number of nitriles is 1. The maximum atomic E-state index is 14.4. The molecule has 0 aliphatic carbocycles. The monoisotopic (exact) mass is 840 g/mol. The Morgan fingerprint density at radius 1 is 0.983 bits per heavy atom. The molecule has 326 valence electrons. The molecule has 1 aliphatic heterocycles. The van der Waals surface area contributed by atoms with Gasteiger partial charge in [0, 0.05) is 6.42 Å². The minimum absolute atomic E-state index is 0.0724. The summed E-state index contributed by atoms with van der Waals surface area (Å²) in [6.45, 7) is 7.31. The van der Waals surface area contributed by atoms with Gasteiger partial charge in [-0.25, -0.2) is 14.1 Å².